The normalized spacial score (nSPS) is 10.4. The molecule has 3 N–H and O–H groups in total. The summed E-state index contributed by atoms with van der Waals surface area (Å²) in [7, 11) is 1.71. The first-order valence-electron chi connectivity index (χ1n) is 6.57. The second kappa shape index (κ2) is 7.46. The van der Waals surface area contributed by atoms with Gasteiger partial charge in [0.2, 0.25) is 17.8 Å². The number of nitrogen functional groups attached to an aromatic ring is 1. The number of hydrogen-bond donors (Lipinski definition) is 2. The highest BCUT2D eigenvalue weighted by Gasteiger charge is 2.13. The number of nitrogens with zero attached hydrogens (tertiary/aromatic N) is 4. The maximum atomic E-state index is 11.7. The third-order valence-electron chi connectivity index (χ3n) is 2.23. The van der Waals surface area contributed by atoms with E-state index >= 15 is 0 Å². The Balaban J connectivity index is 2.73. The van der Waals surface area contributed by atoms with Crippen LogP contribution in [0.15, 0.2) is 0 Å². The summed E-state index contributed by atoms with van der Waals surface area (Å²) in [6, 6.07) is 0.258. The molecule has 1 heterocycles. The van der Waals surface area contributed by atoms with Gasteiger partial charge in [-0.3, -0.25) is 4.79 Å². The van der Waals surface area contributed by atoms with E-state index in [1.165, 1.54) is 0 Å². The molecule has 1 rings (SSSR count). The summed E-state index contributed by atoms with van der Waals surface area (Å²) in [5, 5.41) is 2.79. The Morgan fingerprint density at radius 2 is 2.10 bits per heavy atom. The molecule has 0 spiro atoms. The summed E-state index contributed by atoms with van der Waals surface area (Å²) < 4.78 is 5.33. The van der Waals surface area contributed by atoms with E-state index in [0.717, 1.165) is 6.42 Å². The molecule has 0 aliphatic heterocycles. The topological polar surface area (TPSA) is 106 Å². The van der Waals surface area contributed by atoms with Gasteiger partial charge < -0.3 is 20.7 Å². The summed E-state index contributed by atoms with van der Waals surface area (Å²) in [5.41, 5.74) is 5.61. The highest BCUT2D eigenvalue weighted by Crippen LogP contribution is 2.12. The van der Waals surface area contributed by atoms with Gasteiger partial charge in [0.1, 0.15) is 0 Å². The minimum absolute atomic E-state index is 0.0669. The van der Waals surface area contributed by atoms with Crippen LogP contribution in [0.3, 0.4) is 0 Å². The first-order valence-corrected chi connectivity index (χ1v) is 6.57. The first-order chi connectivity index (χ1) is 9.42. The standard InChI is InChI=1S/C12H22N6O2/c1-5-6-20-12-16-10(13)15-11(17-12)18(4)7-9(19)14-8(2)3/h8H,5-7H2,1-4H3,(H,14,19)(H2,13,15,16,17). The van der Waals surface area contributed by atoms with Gasteiger partial charge in [0.05, 0.1) is 13.2 Å². The van der Waals surface area contributed by atoms with Crippen LogP contribution in [-0.4, -0.2) is 47.1 Å². The maximum Gasteiger partial charge on any atom is 0.323 e. The van der Waals surface area contributed by atoms with Crippen molar-refractivity contribution in [2.75, 3.05) is 30.8 Å². The Morgan fingerprint density at radius 3 is 2.70 bits per heavy atom. The fourth-order valence-electron chi connectivity index (χ4n) is 1.44. The number of rotatable bonds is 7. The van der Waals surface area contributed by atoms with Gasteiger partial charge in [-0.15, -0.1) is 0 Å². The Morgan fingerprint density at radius 1 is 1.40 bits per heavy atom. The van der Waals surface area contributed by atoms with Crippen molar-refractivity contribution in [3.8, 4) is 6.01 Å². The molecule has 0 unspecified atom stereocenters. The molecule has 0 radical (unpaired) electrons. The second-order valence-corrected chi connectivity index (χ2v) is 4.70. The lowest BCUT2D eigenvalue weighted by molar-refractivity contribution is -0.120. The molecule has 0 atom stereocenters. The van der Waals surface area contributed by atoms with Crippen molar-refractivity contribution in [3.63, 3.8) is 0 Å². The van der Waals surface area contributed by atoms with Gasteiger partial charge in [0.15, 0.2) is 0 Å². The number of ether oxygens (including phenoxy) is 1. The third-order valence-corrected chi connectivity index (χ3v) is 2.23. The molecule has 8 nitrogen and oxygen atoms in total. The van der Waals surface area contributed by atoms with Gasteiger partial charge in [-0.1, -0.05) is 6.92 Å². The maximum absolute atomic E-state index is 11.7. The zero-order chi connectivity index (χ0) is 15.1. The number of carbonyl (C=O) groups excluding carboxylic acids is 1. The van der Waals surface area contributed by atoms with Gasteiger partial charge in [-0.05, 0) is 20.3 Å². The highest BCUT2D eigenvalue weighted by atomic mass is 16.5. The number of amides is 1. The zero-order valence-electron chi connectivity index (χ0n) is 12.4. The molecule has 1 aromatic heterocycles. The number of aromatic nitrogens is 3. The quantitative estimate of drug-likeness (QED) is 0.736. The summed E-state index contributed by atoms with van der Waals surface area (Å²) in [6.45, 7) is 6.41. The molecular weight excluding hydrogens is 260 g/mol. The smallest absolute Gasteiger partial charge is 0.323 e. The first kappa shape index (κ1) is 15.9. The van der Waals surface area contributed by atoms with Gasteiger partial charge in [0.25, 0.3) is 0 Å². The van der Waals surface area contributed by atoms with Crippen molar-refractivity contribution < 1.29 is 9.53 Å². The molecule has 0 aliphatic rings. The van der Waals surface area contributed by atoms with E-state index in [9.17, 15) is 4.79 Å². The van der Waals surface area contributed by atoms with Crippen LogP contribution in [0.4, 0.5) is 11.9 Å². The van der Waals surface area contributed by atoms with Crippen molar-refractivity contribution in [2.45, 2.75) is 33.2 Å². The van der Waals surface area contributed by atoms with E-state index in [0.29, 0.717) is 12.6 Å². The van der Waals surface area contributed by atoms with Crippen molar-refractivity contribution in [3.05, 3.63) is 0 Å². The van der Waals surface area contributed by atoms with Crippen molar-refractivity contribution in [1.82, 2.24) is 20.3 Å². The fraction of sp³-hybridized carbons (Fsp3) is 0.667. The third kappa shape index (κ3) is 5.25. The van der Waals surface area contributed by atoms with Gasteiger partial charge in [-0.25, -0.2) is 0 Å². The summed E-state index contributed by atoms with van der Waals surface area (Å²) in [6.07, 6.45) is 0.841. The van der Waals surface area contributed by atoms with Crippen LogP contribution in [0.2, 0.25) is 0 Å². The molecule has 0 aromatic carbocycles. The van der Waals surface area contributed by atoms with E-state index in [1.54, 1.807) is 11.9 Å². The average molecular weight is 282 g/mol. The largest absolute Gasteiger partial charge is 0.463 e. The lowest BCUT2D eigenvalue weighted by atomic mass is 10.4. The van der Waals surface area contributed by atoms with Crippen LogP contribution in [0, 0.1) is 0 Å². The molecular formula is C12H22N6O2. The fourth-order valence-corrected chi connectivity index (χ4v) is 1.44. The minimum atomic E-state index is -0.113. The molecule has 0 saturated carbocycles. The number of nitrogens with one attached hydrogen (secondary N) is 1. The molecule has 112 valence electrons. The number of nitrogens with two attached hydrogens (primary N) is 1. The molecule has 1 aromatic rings. The second-order valence-electron chi connectivity index (χ2n) is 4.70. The molecule has 8 heteroatoms. The van der Waals surface area contributed by atoms with Crippen LogP contribution in [-0.2, 0) is 4.79 Å². The molecule has 1 amide bonds. The number of anilines is 2. The van der Waals surface area contributed by atoms with Crippen LogP contribution < -0.4 is 20.7 Å². The van der Waals surface area contributed by atoms with E-state index in [4.69, 9.17) is 10.5 Å². The number of hydrogen-bond acceptors (Lipinski definition) is 7. The Hall–Kier alpha value is -2.12. The van der Waals surface area contributed by atoms with Gasteiger partial charge in [0, 0.05) is 13.1 Å². The monoisotopic (exact) mass is 282 g/mol. The Kier molecular flexibility index (Phi) is 5.95. The molecule has 0 bridgehead atoms. The predicted molar refractivity (Wildman–Crippen MR) is 76.6 cm³/mol. The lowest BCUT2D eigenvalue weighted by Gasteiger charge is -2.18. The van der Waals surface area contributed by atoms with Crippen LogP contribution in [0.25, 0.3) is 0 Å². The van der Waals surface area contributed by atoms with Crippen molar-refractivity contribution in [1.29, 1.82) is 0 Å². The molecule has 0 saturated heterocycles. The van der Waals surface area contributed by atoms with Crippen LogP contribution in [0.5, 0.6) is 6.01 Å². The molecule has 0 fully saturated rings. The van der Waals surface area contributed by atoms with E-state index in [1.807, 2.05) is 20.8 Å². The van der Waals surface area contributed by atoms with E-state index < -0.39 is 0 Å². The lowest BCUT2D eigenvalue weighted by Crippen LogP contribution is -2.39. The van der Waals surface area contributed by atoms with E-state index in [2.05, 4.69) is 20.3 Å². The number of likely N-dealkylation sites (N-methyl/N-ethyl adjacent to an activating group) is 1. The minimum Gasteiger partial charge on any atom is -0.463 e. The van der Waals surface area contributed by atoms with E-state index in [-0.39, 0.29) is 30.5 Å². The molecule has 0 aliphatic carbocycles. The Bertz CT molecular complexity index is 452. The molecule has 20 heavy (non-hydrogen) atoms. The highest BCUT2D eigenvalue weighted by molar-refractivity contribution is 5.80. The van der Waals surface area contributed by atoms with Crippen LogP contribution >= 0.6 is 0 Å². The Labute approximate surface area is 118 Å². The zero-order valence-corrected chi connectivity index (χ0v) is 12.4. The van der Waals surface area contributed by atoms with Crippen molar-refractivity contribution >= 4 is 17.8 Å². The van der Waals surface area contributed by atoms with Gasteiger partial charge in [-0.2, -0.15) is 15.0 Å². The van der Waals surface area contributed by atoms with Crippen LogP contribution in [0.1, 0.15) is 27.2 Å². The number of carbonyl (C=O) groups is 1. The van der Waals surface area contributed by atoms with Gasteiger partial charge >= 0.3 is 6.01 Å². The predicted octanol–water partition coefficient (Wildman–Crippen LogP) is 0.203. The summed E-state index contributed by atoms with van der Waals surface area (Å²) in [4.78, 5) is 25.3. The summed E-state index contributed by atoms with van der Waals surface area (Å²) >= 11 is 0. The SMILES string of the molecule is CCCOc1nc(N)nc(N(C)CC(=O)NC(C)C)n1. The van der Waals surface area contributed by atoms with Crippen molar-refractivity contribution in [2.24, 2.45) is 0 Å². The average Bonchev–Trinajstić information content (AvgIpc) is 2.34. The summed E-state index contributed by atoms with van der Waals surface area (Å²) in [5.74, 6) is 0.261.